The van der Waals surface area contributed by atoms with Gasteiger partial charge >= 0.3 is 5.76 Å². The third-order valence-corrected chi connectivity index (χ3v) is 2.99. The summed E-state index contributed by atoms with van der Waals surface area (Å²) in [6, 6.07) is 5.27. The maximum atomic E-state index is 10.9. The molecule has 0 fully saturated rings. The standard InChI is InChI=1S/C10H12N2O4S/c1-17(14,15)11-5-4-7-2-3-8-9(6-7)16-10(13)12-8/h2-3,6,11H,4-5H2,1H3,(H,12,13). The molecule has 0 aliphatic carbocycles. The smallest absolute Gasteiger partial charge is 0.408 e. The van der Waals surface area contributed by atoms with Gasteiger partial charge in [0, 0.05) is 6.54 Å². The van der Waals surface area contributed by atoms with E-state index >= 15 is 0 Å². The number of rotatable bonds is 4. The van der Waals surface area contributed by atoms with Crippen molar-refractivity contribution in [2.75, 3.05) is 12.8 Å². The Hall–Kier alpha value is -1.60. The van der Waals surface area contributed by atoms with Crippen molar-refractivity contribution in [3.63, 3.8) is 0 Å². The van der Waals surface area contributed by atoms with Crippen molar-refractivity contribution in [1.29, 1.82) is 0 Å². The molecule has 0 atom stereocenters. The molecule has 6 nitrogen and oxygen atoms in total. The maximum Gasteiger partial charge on any atom is 0.417 e. The van der Waals surface area contributed by atoms with Crippen LogP contribution in [0.5, 0.6) is 0 Å². The van der Waals surface area contributed by atoms with Gasteiger partial charge in [0.05, 0.1) is 11.8 Å². The molecular formula is C10H12N2O4S. The van der Waals surface area contributed by atoms with Gasteiger partial charge in [-0.3, -0.25) is 4.98 Å². The molecular weight excluding hydrogens is 244 g/mol. The summed E-state index contributed by atoms with van der Waals surface area (Å²) >= 11 is 0. The Morgan fingerprint density at radius 3 is 2.88 bits per heavy atom. The number of hydrogen-bond donors (Lipinski definition) is 2. The van der Waals surface area contributed by atoms with Crippen LogP contribution in [0.2, 0.25) is 0 Å². The molecule has 0 saturated carbocycles. The van der Waals surface area contributed by atoms with E-state index in [0.717, 1.165) is 11.8 Å². The van der Waals surface area contributed by atoms with E-state index in [-0.39, 0.29) is 0 Å². The highest BCUT2D eigenvalue weighted by atomic mass is 32.2. The molecule has 0 bridgehead atoms. The lowest BCUT2D eigenvalue weighted by Crippen LogP contribution is -2.24. The lowest BCUT2D eigenvalue weighted by Gasteiger charge is -2.02. The average Bonchev–Trinajstić information content (AvgIpc) is 2.55. The maximum absolute atomic E-state index is 10.9. The summed E-state index contributed by atoms with van der Waals surface area (Å²) in [7, 11) is -3.16. The van der Waals surface area contributed by atoms with Crippen LogP contribution < -0.4 is 10.5 Å². The molecule has 0 radical (unpaired) electrons. The molecule has 2 N–H and O–H groups in total. The summed E-state index contributed by atoms with van der Waals surface area (Å²) in [5, 5.41) is 0. The van der Waals surface area contributed by atoms with Crippen LogP contribution in [0.25, 0.3) is 11.1 Å². The Bertz CT molecular complexity index is 684. The summed E-state index contributed by atoms with van der Waals surface area (Å²) in [5.74, 6) is -0.494. The van der Waals surface area contributed by atoms with Gasteiger partial charge in [0.1, 0.15) is 0 Å². The fraction of sp³-hybridized carbons (Fsp3) is 0.300. The van der Waals surface area contributed by atoms with E-state index in [0.29, 0.717) is 24.1 Å². The minimum absolute atomic E-state index is 0.318. The zero-order chi connectivity index (χ0) is 12.5. The highest BCUT2D eigenvalue weighted by Gasteiger charge is 2.03. The van der Waals surface area contributed by atoms with Crippen LogP contribution >= 0.6 is 0 Å². The fourth-order valence-corrected chi connectivity index (χ4v) is 2.00. The van der Waals surface area contributed by atoms with Crippen molar-refractivity contribution < 1.29 is 12.8 Å². The van der Waals surface area contributed by atoms with E-state index in [1.165, 1.54) is 0 Å². The number of aromatic amines is 1. The normalized spacial score (nSPS) is 12.1. The van der Waals surface area contributed by atoms with E-state index in [9.17, 15) is 13.2 Å². The molecule has 1 aromatic heterocycles. The van der Waals surface area contributed by atoms with Gasteiger partial charge in [0.25, 0.3) is 0 Å². The molecule has 0 unspecified atom stereocenters. The second kappa shape index (κ2) is 4.34. The lowest BCUT2D eigenvalue weighted by molar-refractivity contribution is 0.555. The third-order valence-electron chi connectivity index (χ3n) is 2.26. The number of benzene rings is 1. The van der Waals surface area contributed by atoms with Gasteiger partial charge in [0.15, 0.2) is 5.58 Å². The molecule has 0 spiro atoms. The summed E-state index contributed by atoms with van der Waals surface area (Å²) < 4.78 is 29.0. The van der Waals surface area contributed by atoms with Crippen molar-refractivity contribution in [1.82, 2.24) is 9.71 Å². The van der Waals surface area contributed by atoms with Gasteiger partial charge in [-0.05, 0) is 24.1 Å². The first-order valence-electron chi connectivity index (χ1n) is 5.00. The first kappa shape index (κ1) is 11.9. The Morgan fingerprint density at radius 1 is 1.41 bits per heavy atom. The molecule has 2 aromatic rings. The number of hydrogen-bond acceptors (Lipinski definition) is 4. The van der Waals surface area contributed by atoms with Crippen LogP contribution in [0.1, 0.15) is 5.56 Å². The summed E-state index contributed by atoms with van der Waals surface area (Å²) in [4.78, 5) is 13.5. The van der Waals surface area contributed by atoms with Gasteiger partial charge in [-0.1, -0.05) is 6.07 Å². The van der Waals surface area contributed by atoms with Gasteiger partial charge in [-0.15, -0.1) is 0 Å². The number of H-pyrrole nitrogens is 1. The zero-order valence-electron chi connectivity index (χ0n) is 9.19. The number of fused-ring (bicyclic) bond motifs is 1. The zero-order valence-corrected chi connectivity index (χ0v) is 10.0. The Morgan fingerprint density at radius 2 is 2.18 bits per heavy atom. The van der Waals surface area contributed by atoms with Gasteiger partial charge in [-0.25, -0.2) is 17.9 Å². The summed E-state index contributed by atoms with van der Waals surface area (Å²) in [5.41, 5.74) is 2.01. The van der Waals surface area contributed by atoms with Crippen molar-refractivity contribution in [3.05, 3.63) is 34.3 Å². The van der Waals surface area contributed by atoms with E-state index in [4.69, 9.17) is 4.42 Å². The molecule has 0 aliphatic heterocycles. The Kier molecular flexibility index (Phi) is 3.03. The molecule has 92 valence electrons. The topological polar surface area (TPSA) is 92.2 Å². The predicted octanol–water partition coefficient (Wildman–Crippen LogP) is 0.213. The highest BCUT2D eigenvalue weighted by Crippen LogP contribution is 2.12. The van der Waals surface area contributed by atoms with Crippen LogP contribution in [0.3, 0.4) is 0 Å². The predicted molar refractivity (Wildman–Crippen MR) is 63.4 cm³/mol. The average molecular weight is 256 g/mol. The first-order chi connectivity index (χ1) is 7.94. The molecule has 17 heavy (non-hydrogen) atoms. The largest absolute Gasteiger partial charge is 0.417 e. The van der Waals surface area contributed by atoms with E-state index in [1.54, 1.807) is 12.1 Å². The third kappa shape index (κ3) is 3.18. The van der Waals surface area contributed by atoms with Gasteiger partial charge in [0.2, 0.25) is 10.0 Å². The fourth-order valence-electron chi connectivity index (χ4n) is 1.53. The van der Waals surface area contributed by atoms with Gasteiger partial charge in [-0.2, -0.15) is 0 Å². The SMILES string of the molecule is CS(=O)(=O)NCCc1ccc2[nH]c(=O)oc2c1. The van der Waals surface area contributed by atoms with E-state index in [1.807, 2.05) is 6.07 Å². The van der Waals surface area contributed by atoms with Crippen LogP contribution in [-0.2, 0) is 16.4 Å². The van der Waals surface area contributed by atoms with Crippen molar-refractivity contribution >= 4 is 21.1 Å². The molecule has 0 amide bonds. The molecule has 0 aliphatic rings. The van der Waals surface area contributed by atoms with E-state index in [2.05, 4.69) is 9.71 Å². The van der Waals surface area contributed by atoms with Crippen LogP contribution in [0.15, 0.2) is 27.4 Å². The van der Waals surface area contributed by atoms with Crippen molar-refractivity contribution in [2.24, 2.45) is 0 Å². The molecule has 2 rings (SSSR count). The number of nitrogens with one attached hydrogen (secondary N) is 2. The minimum Gasteiger partial charge on any atom is -0.408 e. The monoisotopic (exact) mass is 256 g/mol. The van der Waals surface area contributed by atoms with Crippen LogP contribution in [0, 0.1) is 0 Å². The lowest BCUT2D eigenvalue weighted by atomic mass is 10.1. The van der Waals surface area contributed by atoms with Crippen molar-refractivity contribution in [3.8, 4) is 0 Å². The number of oxazole rings is 1. The Labute approximate surface area is 97.7 Å². The first-order valence-corrected chi connectivity index (χ1v) is 6.89. The second-order valence-corrected chi connectivity index (χ2v) is 5.59. The van der Waals surface area contributed by atoms with E-state index < -0.39 is 15.8 Å². The summed E-state index contributed by atoms with van der Waals surface area (Å²) in [6.45, 7) is 0.318. The molecule has 0 saturated heterocycles. The number of aromatic nitrogens is 1. The highest BCUT2D eigenvalue weighted by molar-refractivity contribution is 7.88. The quantitative estimate of drug-likeness (QED) is 0.818. The van der Waals surface area contributed by atoms with Crippen LogP contribution in [0.4, 0.5) is 0 Å². The molecule has 7 heteroatoms. The molecule has 1 heterocycles. The number of sulfonamides is 1. The summed E-state index contributed by atoms with van der Waals surface area (Å²) in [6.07, 6.45) is 1.65. The minimum atomic E-state index is -3.16. The second-order valence-electron chi connectivity index (χ2n) is 3.76. The Balaban J connectivity index is 2.11. The van der Waals surface area contributed by atoms with Crippen LogP contribution in [-0.4, -0.2) is 26.2 Å². The van der Waals surface area contributed by atoms with Crippen molar-refractivity contribution in [2.45, 2.75) is 6.42 Å². The molecule has 1 aromatic carbocycles. The van der Waals surface area contributed by atoms with Gasteiger partial charge < -0.3 is 4.42 Å².